The zero-order valence-corrected chi connectivity index (χ0v) is 19.9. The van der Waals surface area contributed by atoms with Crippen molar-refractivity contribution in [3.63, 3.8) is 0 Å². The molecule has 33 heavy (non-hydrogen) atoms. The number of unbranched alkanes of at least 4 members (excludes halogenated alkanes) is 1. The first-order valence-electron chi connectivity index (χ1n) is 10.7. The van der Waals surface area contributed by atoms with Gasteiger partial charge in [-0.15, -0.1) is 10.2 Å². The third kappa shape index (κ3) is 6.58. The zero-order chi connectivity index (χ0) is 23.6. The fourth-order valence-corrected chi connectivity index (χ4v) is 3.92. The molecule has 174 valence electrons. The summed E-state index contributed by atoms with van der Waals surface area (Å²) >= 11 is 1.36. The molecule has 1 aromatic heterocycles. The first kappa shape index (κ1) is 24.3. The van der Waals surface area contributed by atoms with Gasteiger partial charge in [-0.3, -0.25) is 4.79 Å². The monoisotopic (exact) mass is 468 g/mol. The maximum absolute atomic E-state index is 12.4. The van der Waals surface area contributed by atoms with Crippen molar-refractivity contribution in [2.75, 3.05) is 20.0 Å². The molecule has 8 nitrogen and oxygen atoms in total. The summed E-state index contributed by atoms with van der Waals surface area (Å²) in [6, 6.07) is 14.6. The Kier molecular flexibility index (Phi) is 8.88. The van der Waals surface area contributed by atoms with E-state index in [1.807, 2.05) is 24.3 Å². The number of aromatic nitrogens is 3. The van der Waals surface area contributed by atoms with Crippen molar-refractivity contribution in [1.29, 1.82) is 0 Å². The quantitative estimate of drug-likeness (QED) is 0.336. The summed E-state index contributed by atoms with van der Waals surface area (Å²) < 4.78 is 12.0. The summed E-state index contributed by atoms with van der Waals surface area (Å²) in [7, 11) is 2.98. The number of methoxy groups -OCH3 is 2. The van der Waals surface area contributed by atoms with Crippen LogP contribution in [0.15, 0.2) is 53.7 Å². The second-order valence-electron chi connectivity index (χ2n) is 7.29. The van der Waals surface area contributed by atoms with Crippen molar-refractivity contribution in [3.8, 4) is 17.1 Å². The van der Waals surface area contributed by atoms with E-state index in [9.17, 15) is 9.59 Å². The van der Waals surface area contributed by atoms with Crippen LogP contribution in [0.4, 0.5) is 0 Å². The van der Waals surface area contributed by atoms with Crippen LogP contribution in [-0.2, 0) is 22.6 Å². The number of nitrogens with zero attached hydrogens (tertiary/aromatic N) is 3. The van der Waals surface area contributed by atoms with Gasteiger partial charge in [-0.1, -0.05) is 37.2 Å². The van der Waals surface area contributed by atoms with Gasteiger partial charge in [0, 0.05) is 18.7 Å². The Balaban J connectivity index is 1.60. The van der Waals surface area contributed by atoms with E-state index < -0.39 is 0 Å². The standard InChI is InChI=1S/C24H28N4O4S/c1-4-5-14-28-22(18-10-12-20(31-2)13-11-18)26-27-24(28)33-16-21(29)25-15-17-6-8-19(9-7-17)23(30)32-3/h6-13H,4-5,14-16H2,1-3H3,(H,25,29). The average molecular weight is 469 g/mol. The summed E-state index contributed by atoms with van der Waals surface area (Å²) in [5.41, 5.74) is 2.32. The van der Waals surface area contributed by atoms with Crippen molar-refractivity contribution in [3.05, 3.63) is 59.7 Å². The first-order chi connectivity index (χ1) is 16.0. The molecule has 3 rings (SSSR count). The largest absolute Gasteiger partial charge is 0.497 e. The summed E-state index contributed by atoms with van der Waals surface area (Å²) in [6.45, 7) is 3.29. The number of benzene rings is 2. The number of nitrogens with one attached hydrogen (secondary N) is 1. The molecular formula is C24H28N4O4S. The Morgan fingerprint density at radius 2 is 1.76 bits per heavy atom. The van der Waals surface area contributed by atoms with Crippen LogP contribution in [0.25, 0.3) is 11.4 Å². The molecule has 0 saturated heterocycles. The number of carbonyl (C=O) groups excluding carboxylic acids is 2. The molecule has 1 N–H and O–H groups in total. The van der Waals surface area contributed by atoms with Crippen molar-refractivity contribution >= 4 is 23.6 Å². The van der Waals surface area contributed by atoms with E-state index in [0.29, 0.717) is 17.3 Å². The van der Waals surface area contributed by atoms with Crippen molar-refractivity contribution < 1.29 is 19.1 Å². The van der Waals surface area contributed by atoms with Crippen LogP contribution in [0.1, 0.15) is 35.7 Å². The Morgan fingerprint density at radius 1 is 1.03 bits per heavy atom. The van der Waals surface area contributed by atoms with Crippen molar-refractivity contribution in [2.24, 2.45) is 0 Å². The number of hydrogen-bond donors (Lipinski definition) is 1. The Labute approximate surface area is 197 Å². The normalized spacial score (nSPS) is 10.6. The highest BCUT2D eigenvalue weighted by atomic mass is 32.2. The third-order valence-corrected chi connectivity index (χ3v) is 5.96. The number of carbonyl (C=O) groups is 2. The van der Waals surface area contributed by atoms with Gasteiger partial charge in [0.1, 0.15) is 5.75 Å². The predicted molar refractivity (Wildman–Crippen MR) is 127 cm³/mol. The smallest absolute Gasteiger partial charge is 0.337 e. The van der Waals surface area contributed by atoms with Gasteiger partial charge in [0.25, 0.3) is 0 Å². The lowest BCUT2D eigenvalue weighted by Gasteiger charge is -2.10. The maximum atomic E-state index is 12.4. The number of esters is 1. The van der Waals surface area contributed by atoms with E-state index in [4.69, 9.17) is 9.47 Å². The molecule has 0 spiro atoms. The molecular weight excluding hydrogens is 440 g/mol. The molecule has 0 bridgehead atoms. The topological polar surface area (TPSA) is 95.3 Å². The van der Waals surface area contributed by atoms with Gasteiger partial charge in [-0.05, 0) is 48.4 Å². The van der Waals surface area contributed by atoms with E-state index in [0.717, 1.165) is 42.1 Å². The summed E-state index contributed by atoms with van der Waals surface area (Å²) in [6.07, 6.45) is 2.03. The van der Waals surface area contributed by atoms with Crippen LogP contribution < -0.4 is 10.1 Å². The summed E-state index contributed by atoms with van der Waals surface area (Å²) in [5.74, 6) is 1.30. The fourth-order valence-electron chi connectivity index (χ4n) is 3.13. The number of rotatable bonds is 11. The van der Waals surface area contributed by atoms with Crippen LogP contribution in [-0.4, -0.2) is 46.6 Å². The minimum Gasteiger partial charge on any atom is -0.497 e. The maximum Gasteiger partial charge on any atom is 0.337 e. The molecule has 0 atom stereocenters. The lowest BCUT2D eigenvalue weighted by molar-refractivity contribution is -0.118. The second kappa shape index (κ2) is 12.1. The molecule has 0 aliphatic carbocycles. The summed E-state index contributed by atoms with van der Waals surface area (Å²) in [5, 5.41) is 12.3. The fraction of sp³-hybridized carbons (Fsp3) is 0.333. The van der Waals surface area contributed by atoms with Crippen molar-refractivity contribution in [1.82, 2.24) is 20.1 Å². The minimum atomic E-state index is -0.386. The lowest BCUT2D eigenvalue weighted by atomic mass is 10.1. The zero-order valence-electron chi connectivity index (χ0n) is 19.0. The van der Waals surface area contributed by atoms with Crippen LogP contribution in [0.3, 0.4) is 0 Å². The average Bonchev–Trinajstić information content (AvgIpc) is 3.27. The van der Waals surface area contributed by atoms with Crippen LogP contribution >= 0.6 is 11.8 Å². The van der Waals surface area contributed by atoms with Gasteiger partial charge in [-0.2, -0.15) is 0 Å². The number of thioether (sulfide) groups is 1. The van der Waals surface area contributed by atoms with E-state index in [-0.39, 0.29) is 17.6 Å². The van der Waals surface area contributed by atoms with Gasteiger partial charge in [0.05, 0.1) is 25.5 Å². The van der Waals surface area contributed by atoms with E-state index in [2.05, 4.69) is 27.0 Å². The Hall–Kier alpha value is -3.33. The Morgan fingerprint density at radius 3 is 2.39 bits per heavy atom. The molecule has 2 aromatic carbocycles. The van der Waals surface area contributed by atoms with Gasteiger partial charge >= 0.3 is 5.97 Å². The Bertz CT molecular complexity index is 1070. The van der Waals surface area contributed by atoms with E-state index in [1.54, 1.807) is 31.4 Å². The molecule has 9 heteroatoms. The van der Waals surface area contributed by atoms with Gasteiger partial charge in [0.2, 0.25) is 5.91 Å². The van der Waals surface area contributed by atoms with Gasteiger partial charge < -0.3 is 19.4 Å². The van der Waals surface area contributed by atoms with Gasteiger partial charge in [0.15, 0.2) is 11.0 Å². The van der Waals surface area contributed by atoms with Crippen molar-refractivity contribution in [2.45, 2.75) is 38.0 Å². The first-order valence-corrected chi connectivity index (χ1v) is 11.7. The SMILES string of the molecule is CCCCn1c(SCC(=O)NCc2ccc(C(=O)OC)cc2)nnc1-c1ccc(OC)cc1. The van der Waals surface area contributed by atoms with E-state index in [1.165, 1.54) is 18.9 Å². The van der Waals surface area contributed by atoms with Crippen LogP contribution in [0.2, 0.25) is 0 Å². The highest BCUT2D eigenvalue weighted by molar-refractivity contribution is 7.99. The number of hydrogen-bond acceptors (Lipinski definition) is 7. The molecule has 3 aromatic rings. The molecule has 0 aliphatic heterocycles. The molecule has 0 fully saturated rings. The second-order valence-corrected chi connectivity index (χ2v) is 8.24. The van der Waals surface area contributed by atoms with Gasteiger partial charge in [-0.25, -0.2) is 4.79 Å². The van der Waals surface area contributed by atoms with Crippen LogP contribution in [0, 0.1) is 0 Å². The molecule has 0 radical (unpaired) electrons. The molecule has 0 aliphatic rings. The molecule has 0 saturated carbocycles. The molecule has 1 amide bonds. The predicted octanol–water partition coefficient (Wildman–Crippen LogP) is 3.95. The molecule has 0 unspecified atom stereocenters. The number of amides is 1. The third-order valence-electron chi connectivity index (χ3n) is 5.00. The highest BCUT2D eigenvalue weighted by Crippen LogP contribution is 2.26. The number of ether oxygens (including phenoxy) is 2. The van der Waals surface area contributed by atoms with E-state index >= 15 is 0 Å². The molecule has 1 heterocycles. The minimum absolute atomic E-state index is 0.104. The van der Waals surface area contributed by atoms with Crippen LogP contribution in [0.5, 0.6) is 5.75 Å². The lowest BCUT2D eigenvalue weighted by Crippen LogP contribution is -2.24. The highest BCUT2D eigenvalue weighted by Gasteiger charge is 2.16. The summed E-state index contributed by atoms with van der Waals surface area (Å²) in [4.78, 5) is 23.9.